The standard InChI is InChI=1S/C28H39N5O5/c1-4-8-21-19-31(6-3)26-25(21)29-27(30-28(26)34)23-18-22(10-11-24(23)37-16-5-2)32-14-12-20(13-15-32)9-7-17-38-33(35)36/h10-11,18-20H,4-9,12-17H2,1-3H3,(H,29,30,34). The molecule has 0 aliphatic carbocycles. The highest BCUT2D eigenvalue weighted by molar-refractivity contribution is 5.82. The van der Waals surface area contributed by atoms with E-state index in [0.717, 1.165) is 73.9 Å². The molecule has 0 radical (unpaired) electrons. The maximum absolute atomic E-state index is 13.2. The summed E-state index contributed by atoms with van der Waals surface area (Å²) in [6.07, 6.45) is 8.45. The van der Waals surface area contributed by atoms with Crippen LogP contribution in [0.4, 0.5) is 5.69 Å². The molecule has 38 heavy (non-hydrogen) atoms. The van der Waals surface area contributed by atoms with E-state index in [1.54, 1.807) is 0 Å². The van der Waals surface area contributed by atoms with E-state index in [9.17, 15) is 14.9 Å². The van der Waals surface area contributed by atoms with E-state index < -0.39 is 5.09 Å². The zero-order valence-electron chi connectivity index (χ0n) is 22.7. The number of aryl methyl sites for hydroxylation is 2. The second kappa shape index (κ2) is 12.8. The fourth-order valence-corrected chi connectivity index (χ4v) is 5.33. The van der Waals surface area contributed by atoms with Gasteiger partial charge in [-0.2, -0.15) is 0 Å². The summed E-state index contributed by atoms with van der Waals surface area (Å²) in [5.41, 5.74) is 4.21. The number of piperidine rings is 1. The second-order valence-corrected chi connectivity index (χ2v) is 9.96. The van der Waals surface area contributed by atoms with Gasteiger partial charge in [-0.25, -0.2) is 4.98 Å². The molecule has 4 rings (SSSR count). The van der Waals surface area contributed by atoms with Crippen molar-refractivity contribution in [3.05, 3.63) is 50.4 Å². The average Bonchev–Trinajstić information content (AvgIpc) is 3.28. The Morgan fingerprint density at radius 3 is 2.63 bits per heavy atom. The summed E-state index contributed by atoms with van der Waals surface area (Å²) in [4.78, 5) is 38.4. The molecule has 10 nitrogen and oxygen atoms in total. The first-order chi connectivity index (χ1) is 18.4. The van der Waals surface area contributed by atoms with Gasteiger partial charge in [-0.1, -0.05) is 20.3 Å². The van der Waals surface area contributed by atoms with Crippen LogP contribution >= 0.6 is 0 Å². The number of aromatic nitrogens is 3. The van der Waals surface area contributed by atoms with Crippen molar-refractivity contribution in [1.29, 1.82) is 0 Å². The lowest BCUT2D eigenvalue weighted by molar-refractivity contribution is -0.757. The minimum atomic E-state index is -0.724. The summed E-state index contributed by atoms with van der Waals surface area (Å²) in [6.45, 7) is 9.49. The van der Waals surface area contributed by atoms with Crippen LogP contribution in [0.25, 0.3) is 22.4 Å². The van der Waals surface area contributed by atoms with Gasteiger partial charge in [0.25, 0.3) is 10.6 Å². The zero-order valence-corrected chi connectivity index (χ0v) is 22.7. The quantitative estimate of drug-likeness (QED) is 0.181. The van der Waals surface area contributed by atoms with Crippen LogP contribution in [0.15, 0.2) is 29.2 Å². The fraction of sp³-hybridized carbons (Fsp3) is 0.571. The number of rotatable bonds is 13. The molecule has 1 fully saturated rings. The van der Waals surface area contributed by atoms with E-state index in [1.807, 2.05) is 17.6 Å². The third kappa shape index (κ3) is 6.28. The predicted molar refractivity (Wildman–Crippen MR) is 148 cm³/mol. The molecule has 0 bridgehead atoms. The Hall–Kier alpha value is -3.56. The number of anilines is 1. The van der Waals surface area contributed by atoms with Gasteiger partial charge in [-0.3, -0.25) is 4.79 Å². The molecule has 3 heterocycles. The van der Waals surface area contributed by atoms with Gasteiger partial charge in [0, 0.05) is 31.5 Å². The second-order valence-electron chi connectivity index (χ2n) is 9.96. The topological polar surface area (TPSA) is 116 Å². The molecule has 1 aliphatic heterocycles. The van der Waals surface area contributed by atoms with Crippen molar-refractivity contribution in [3.63, 3.8) is 0 Å². The zero-order chi connectivity index (χ0) is 27.1. The third-order valence-electron chi connectivity index (χ3n) is 7.27. The highest BCUT2D eigenvalue weighted by Gasteiger charge is 2.22. The van der Waals surface area contributed by atoms with Crippen LogP contribution in [0.3, 0.4) is 0 Å². The molecule has 0 atom stereocenters. The molecular weight excluding hydrogens is 486 g/mol. The first-order valence-electron chi connectivity index (χ1n) is 13.9. The van der Waals surface area contributed by atoms with Gasteiger partial charge in [0.15, 0.2) is 0 Å². The highest BCUT2D eigenvalue weighted by atomic mass is 16.9. The molecule has 1 aromatic carbocycles. The number of aromatic amines is 1. The van der Waals surface area contributed by atoms with Gasteiger partial charge >= 0.3 is 0 Å². The van der Waals surface area contributed by atoms with Crippen LogP contribution in [-0.2, 0) is 17.8 Å². The number of hydrogen-bond acceptors (Lipinski definition) is 7. The molecule has 3 aromatic rings. The van der Waals surface area contributed by atoms with Crippen molar-refractivity contribution >= 4 is 16.7 Å². The van der Waals surface area contributed by atoms with Gasteiger partial charge in [-0.05, 0) is 75.1 Å². The van der Waals surface area contributed by atoms with E-state index in [2.05, 4.69) is 46.9 Å². The Morgan fingerprint density at radius 1 is 1.16 bits per heavy atom. The van der Waals surface area contributed by atoms with Gasteiger partial charge in [0.05, 0.1) is 24.3 Å². The Labute approximate surface area is 223 Å². The molecule has 2 aromatic heterocycles. The molecule has 0 spiro atoms. The molecule has 0 amide bonds. The van der Waals surface area contributed by atoms with E-state index in [1.165, 1.54) is 0 Å². The molecule has 10 heteroatoms. The largest absolute Gasteiger partial charge is 0.493 e. The average molecular weight is 526 g/mol. The predicted octanol–water partition coefficient (Wildman–Crippen LogP) is 5.36. The maximum atomic E-state index is 13.2. The molecule has 1 saturated heterocycles. The number of nitrogens with one attached hydrogen (secondary N) is 1. The molecule has 1 N–H and O–H groups in total. The molecule has 206 valence electrons. The number of benzene rings is 1. The summed E-state index contributed by atoms with van der Waals surface area (Å²) < 4.78 is 8.06. The van der Waals surface area contributed by atoms with E-state index in [-0.39, 0.29) is 12.2 Å². The number of ether oxygens (including phenoxy) is 1. The smallest absolute Gasteiger partial charge is 0.294 e. The number of hydrogen-bond donors (Lipinski definition) is 1. The van der Waals surface area contributed by atoms with Crippen molar-refractivity contribution < 1.29 is 14.7 Å². The number of nitrogens with zero attached hydrogens (tertiary/aromatic N) is 4. The van der Waals surface area contributed by atoms with Gasteiger partial charge in [0.2, 0.25) is 0 Å². The maximum Gasteiger partial charge on any atom is 0.294 e. The van der Waals surface area contributed by atoms with Gasteiger partial charge in [0.1, 0.15) is 17.1 Å². The number of fused-ring (bicyclic) bond motifs is 1. The molecular formula is C28H39N5O5. The number of H-pyrrole nitrogens is 1. The van der Waals surface area contributed by atoms with Crippen LogP contribution in [-0.4, -0.2) is 45.9 Å². The molecule has 1 aliphatic rings. The van der Waals surface area contributed by atoms with Crippen LogP contribution in [0.1, 0.15) is 64.9 Å². The monoisotopic (exact) mass is 525 g/mol. The van der Waals surface area contributed by atoms with E-state index in [4.69, 9.17) is 9.72 Å². The highest BCUT2D eigenvalue weighted by Crippen LogP contribution is 2.35. The minimum absolute atomic E-state index is 0.136. The van der Waals surface area contributed by atoms with Gasteiger partial charge < -0.3 is 24.0 Å². The van der Waals surface area contributed by atoms with Crippen LogP contribution in [0.5, 0.6) is 5.75 Å². The van der Waals surface area contributed by atoms with Crippen molar-refractivity contribution in [2.75, 3.05) is 31.2 Å². The van der Waals surface area contributed by atoms with Crippen molar-refractivity contribution in [2.24, 2.45) is 5.92 Å². The summed E-state index contributed by atoms with van der Waals surface area (Å²) in [5.74, 6) is 1.78. The van der Waals surface area contributed by atoms with Crippen LogP contribution in [0, 0.1) is 16.0 Å². The Kier molecular flexibility index (Phi) is 9.25. The lowest BCUT2D eigenvalue weighted by Crippen LogP contribution is -2.33. The first kappa shape index (κ1) is 27.5. The molecule has 0 saturated carbocycles. The SMILES string of the molecule is CCCOc1ccc(N2CCC(CCCO[N+](=O)[O-])CC2)cc1-c1nc2c(CCC)cn(CC)c2c(=O)[nH]1. The fourth-order valence-electron chi connectivity index (χ4n) is 5.33. The van der Waals surface area contributed by atoms with E-state index >= 15 is 0 Å². The lowest BCUT2D eigenvalue weighted by atomic mass is 9.92. The normalized spacial score (nSPS) is 14.2. The Bertz CT molecular complexity index is 1290. The first-order valence-corrected chi connectivity index (χ1v) is 13.9. The van der Waals surface area contributed by atoms with Crippen molar-refractivity contribution in [2.45, 2.75) is 72.3 Å². The van der Waals surface area contributed by atoms with Crippen molar-refractivity contribution in [3.8, 4) is 17.1 Å². The summed E-state index contributed by atoms with van der Waals surface area (Å²) in [5, 5.41) is 9.62. The van der Waals surface area contributed by atoms with Crippen LogP contribution < -0.4 is 15.2 Å². The Balaban J connectivity index is 1.60. The minimum Gasteiger partial charge on any atom is -0.493 e. The summed E-state index contributed by atoms with van der Waals surface area (Å²) in [6, 6.07) is 6.14. The van der Waals surface area contributed by atoms with Crippen molar-refractivity contribution in [1.82, 2.24) is 14.5 Å². The lowest BCUT2D eigenvalue weighted by Gasteiger charge is -2.34. The molecule has 0 unspecified atom stereocenters. The van der Waals surface area contributed by atoms with Crippen LogP contribution in [0.2, 0.25) is 0 Å². The van der Waals surface area contributed by atoms with E-state index in [0.29, 0.717) is 42.6 Å². The Morgan fingerprint density at radius 2 is 1.95 bits per heavy atom. The summed E-state index contributed by atoms with van der Waals surface area (Å²) >= 11 is 0. The van der Waals surface area contributed by atoms with Gasteiger partial charge in [-0.15, -0.1) is 10.1 Å². The summed E-state index contributed by atoms with van der Waals surface area (Å²) in [7, 11) is 0. The third-order valence-corrected chi connectivity index (χ3v) is 7.27.